The van der Waals surface area contributed by atoms with Gasteiger partial charge in [-0.3, -0.25) is 4.21 Å². The van der Waals surface area contributed by atoms with Crippen molar-refractivity contribution in [1.82, 2.24) is 0 Å². The second-order valence-electron chi connectivity index (χ2n) is 4.91. The quantitative estimate of drug-likeness (QED) is 0.899. The van der Waals surface area contributed by atoms with Gasteiger partial charge in [0.05, 0.1) is 16.0 Å². The van der Waals surface area contributed by atoms with E-state index in [9.17, 15) is 18.1 Å². The first-order valence-electron chi connectivity index (χ1n) is 5.87. The van der Waals surface area contributed by atoms with E-state index in [4.69, 9.17) is 0 Å². The summed E-state index contributed by atoms with van der Waals surface area (Å²) < 4.78 is 39.3. The maximum atomic E-state index is 13.5. The number of benzene rings is 1. The minimum absolute atomic E-state index is 0.0780. The zero-order chi connectivity index (χ0) is 13.5. The highest BCUT2D eigenvalue weighted by molar-refractivity contribution is 7.85. The van der Waals surface area contributed by atoms with Gasteiger partial charge in [0.15, 0.2) is 0 Å². The van der Waals surface area contributed by atoms with Crippen LogP contribution in [-0.4, -0.2) is 26.6 Å². The third-order valence-corrected chi connectivity index (χ3v) is 5.25. The maximum absolute atomic E-state index is 13.5. The molecule has 18 heavy (non-hydrogen) atoms. The van der Waals surface area contributed by atoms with Gasteiger partial charge in [0.2, 0.25) is 0 Å². The summed E-state index contributed by atoms with van der Waals surface area (Å²) in [6.45, 7) is 3.28. The molecular weight excluding hydrogens is 258 g/mol. The van der Waals surface area contributed by atoms with Crippen molar-refractivity contribution in [2.45, 2.75) is 42.4 Å². The maximum Gasteiger partial charge on any atom is 0.277 e. The molecule has 100 valence electrons. The van der Waals surface area contributed by atoms with Crippen LogP contribution in [0.25, 0.3) is 0 Å². The minimum atomic E-state index is -3.15. The van der Waals surface area contributed by atoms with Crippen molar-refractivity contribution in [2.24, 2.45) is 5.92 Å². The highest BCUT2D eigenvalue weighted by atomic mass is 32.2. The molecule has 0 bridgehead atoms. The van der Waals surface area contributed by atoms with Gasteiger partial charge in [-0.1, -0.05) is 24.6 Å². The van der Waals surface area contributed by atoms with Crippen LogP contribution in [0.4, 0.5) is 8.78 Å². The monoisotopic (exact) mass is 274 g/mol. The largest absolute Gasteiger partial charge is 0.386 e. The van der Waals surface area contributed by atoms with E-state index < -0.39 is 34.0 Å². The van der Waals surface area contributed by atoms with E-state index >= 15 is 0 Å². The van der Waals surface area contributed by atoms with Gasteiger partial charge >= 0.3 is 0 Å². The smallest absolute Gasteiger partial charge is 0.277 e. The Hall–Kier alpha value is -0.810. The standard InChI is InChI=1S/C13H16F2O2S/c1-8-3-5-10(6-4-8)18(17)11-7-9(2)13(14,15)12(11)16/h3-6,9,11-12,16H,7H2,1-2H3/t9-,11+,12-,18?/m0/s1. The molecule has 0 aliphatic heterocycles. The minimum Gasteiger partial charge on any atom is -0.386 e. The first kappa shape index (κ1) is 13.6. The Bertz CT molecular complexity index is 459. The van der Waals surface area contributed by atoms with Crippen LogP contribution in [0.5, 0.6) is 0 Å². The van der Waals surface area contributed by atoms with Gasteiger partial charge in [-0.25, -0.2) is 8.78 Å². The molecule has 1 aliphatic rings. The molecule has 0 heterocycles. The molecule has 1 fully saturated rings. The normalized spacial score (nSPS) is 32.4. The summed E-state index contributed by atoms with van der Waals surface area (Å²) in [5.41, 5.74) is 1.02. The Morgan fingerprint density at radius 3 is 2.33 bits per heavy atom. The van der Waals surface area contributed by atoms with Crippen molar-refractivity contribution in [3.05, 3.63) is 29.8 Å². The van der Waals surface area contributed by atoms with E-state index in [1.807, 2.05) is 6.92 Å². The van der Waals surface area contributed by atoms with E-state index in [1.54, 1.807) is 24.3 Å². The Morgan fingerprint density at radius 2 is 1.89 bits per heavy atom. The molecule has 1 aromatic rings. The van der Waals surface area contributed by atoms with Crippen LogP contribution in [-0.2, 0) is 10.8 Å². The Morgan fingerprint density at radius 1 is 1.33 bits per heavy atom. The number of hydrogen-bond donors (Lipinski definition) is 1. The second kappa shape index (κ2) is 4.70. The zero-order valence-electron chi connectivity index (χ0n) is 10.3. The van der Waals surface area contributed by atoms with Gasteiger partial charge in [0.25, 0.3) is 5.92 Å². The average Bonchev–Trinajstić information content (AvgIpc) is 2.53. The summed E-state index contributed by atoms with van der Waals surface area (Å²) in [6.07, 6.45) is -1.75. The summed E-state index contributed by atoms with van der Waals surface area (Å²) in [6, 6.07) is 6.91. The van der Waals surface area contributed by atoms with Gasteiger partial charge in [-0.2, -0.15) is 0 Å². The fourth-order valence-corrected chi connectivity index (χ4v) is 3.86. The predicted octanol–water partition coefficient (Wildman–Crippen LogP) is 2.51. The van der Waals surface area contributed by atoms with E-state index in [1.165, 1.54) is 6.92 Å². The molecule has 1 N–H and O–H groups in total. The molecule has 1 aliphatic carbocycles. The van der Waals surface area contributed by atoms with Crippen LogP contribution < -0.4 is 0 Å². The van der Waals surface area contributed by atoms with Crippen molar-refractivity contribution in [1.29, 1.82) is 0 Å². The third-order valence-electron chi connectivity index (χ3n) is 3.52. The van der Waals surface area contributed by atoms with E-state index in [0.29, 0.717) is 4.90 Å². The molecule has 2 nitrogen and oxygen atoms in total. The van der Waals surface area contributed by atoms with Crippen molar-refractivity contribution < 1.29 is 18.1 Å². The van der Waals surface area contributed by atoms with Crippen molar-refractivity contribution >= 4 is 10.8 Å². The molecule has 1 unspecified atom stereocenters. The second-order valence-corrected chi connectivity index (χ2v) is 6.58. The Kier molecular flexibility index (Phi) is 3.56. The number of alkyl halides is 2. The zero-order valence-corrected chi connectivity index (χ0v) is 11.1. The molecule has 1 saturated carbocycles. The first-order valence-corrected chi connectivity index (χ1v) is 7.08. The lowest BCUT2D eigenvalue weighted by Gasteiger charge is -2.20. The number of aryl methyl sites for hydroxylation is 1. The molecular formula is C13H16F2O2S. The molecule has 0 spiro atoms. The van der Waals surface area contributed by atoms with Gasteiger partial charge in [-0.15, -0.1) is 0 Å². The highest BCUT2D eigenvalue weighted by Gasteiger charge is 2.56. The molecule has 0 amide bonds. The molecule has 0 aromatic heterocycles. The number of aliphatic hydroxyl groups is 1. The van der Waals surface area contributed by atoms with Gasteiger partial charge in [-0.05, 0) is 25.5 Å². The fraction of sp³-hybridized carbons (Fsp3) is 0.538. The number of aliphatic hydroxyl groups excluding tert-OH is 1. The van der Waals surface area contributed by atoms with Crippen molar-refractivity contribution in [3.8, 4) is 0 Å². The van der Waals surface area contributed by atoms with E-state index in [2.05, 4.69) is 0 Å². The molecule has 1 aromatic carbocycles. The molecule has 5 heteroatoms. The van der Waals surface area contributed by atoms with Gasteiger partial charge in [0.1, 0.15) is 6.10 Å². The summed E-state index contributed by atoms with van der Waals surface area (Å²) in [4.78, 5) is 0.495. The Balaban J connectivity index is 2.23. The molecule has 0 radical (unpaired) electrons. The average molecular weight is 274 g/mol. The van der Waals surface area contributed by atoms with Crippen LogP contribution in [0.1, 0.15) is 18.9 Å². The van der Waals surface area contributed by atoms with Crippen LogP contribution in [0, 0.1) is 12.8 Å². The van der Waals surface area contributed by atoms with Gasteiger partial charge in [0, 0.05) is 10.8 Å². The fourth-order valence-electron chi connectivity index (χ4n) is 2.23. The number of rotatable bonds is 2. The lowest BCUT2D eigenvalue weighted by Crippen LogP contribution is -2.38. The highest BCUT2D eigenvalue weighted by Crippen LogP contribution is 2.43. The van der Waals surface area contributed by atoms with Crippen molar-refractivity contribution in [3.63, 3.8) is 0 Å². The van der Waals surface area contributed by atoms with E-state index in [0.717, 1.165) is 5.56 Å². The summed E-state index contributed by atoms with van der Waals surface area (Å²) >= 11 is 0. The molecule has 2 rings (SSSR count). The van der Waals surface area contributed by atoms with Crippen molar-refractivity contribution in [2.75, 3.05) is 0 Å². The molecule has 0 saturated heterocycles. The van der Waals surface area contributed by atoms with Crippen LogP contribution >= 0.6 is 0 Å². The van der Waals surface area contributed by atoms with E-state index in [-0.39, 0.29) is 6.42 Å². The van der Waals surface area contributed by atoms with Crippen LogP contribution in [0.15, 0.2) is 29.2 Å². The summed E-state index contributed by atoms with van der Waals surface area (Å²) in [7, 11) is -1.59. The summed E-state index contributed by atoms with van der Waals surface area (Å²) in [5.74, 6) is -4.09. The predicted molar refractivity (Wildman–Crippen MR) is 66.1 cm³/mol. The third kappa shape index (κ3) is 2.21. The molecule has 4 atom stereocenters. The number of hydrogen-bond acceptors (Lipinski definition) is 2. The lowest BCUT2D eigenvalue weighted by atomic mass is 10.1. The lowest BCUT2D eigenvalue weighted by molar-refractivity contribution is -0.110. The van der Waals surface area contributed by atoms with Gasteiger partial charge < -0.3 is 5.11 Å². The Labute approximate surface area is 107 Å². The number of halogens is 2. The topological polar surface area (TPSA) is 37.3 Å². The first-order chi connectivity index (χ1) is 8.34. The summed E-state index contributed by atoms with van der Waals surface area (Å²) in [5, 5.41) is 8.74. The van der Waals surface area contributed by atoms with Crippen LogP contribution in [0.3, 0.4) is 0 Å². The SMILES string of the molecule is Cc1ccc(S(=O)[C@@H]2C[C@H](C)C(F)(F)[C@H]2O)cc1. The van der Waals surface area contributed by atoms with Crippen LogP contribution in [0.2, 0.25) is 0 Å².